The van der Waals surface area contributed by atoms with Crippen LogP contribution in [-0.4, -0.2) is 28.3 Å². The van der Waals surface area contributed by atoms with Gasteiger partial charge < -0.3 is 10.1 Å². The Morgan fingerprint density at radius 3 is 2.82 bits per heavy atom. The molecule has 0 atom stereocenters. The van der Waals surface area contributed by atoms with Crippen LogP contribution in [0, 0.1) is 0 Å². The summed E-state index contributed by atoms with van der Waals surface area (Å²) in [5.74, 6) is 0.787. The first-order valence-corrected chi connectivity index (χ1v) is 11.0. The van der Waals surface area contributed by atoms with Gasteiger partial charge in [0.25, 0.3) is 5.56 Å². The minimum atomic E-state index is -0.138. The summed E-state index contributed by atoms with van der Waals surface area (Å²) in [7, 11) is 1.60. The molecule has 4 rings (SSSR count). The second-order valence-corrected chi connectivity index (χ2v) is 8.57. The molecule has 1 aliphatic carbocycles. The number of thioether (sulfide) groups is 1. The Balaban J connectivity index is 1.52. The molecule has 2 heterocycles. The Labute approximate surface area is 170 Å². The van der Waals surface area contributed by atoms with E-state index in [2.05, 4.69) is 5.32 Å². The van der Waals surface area contributed by atoms with Crippen molar-refractivity contribution in [2.75, 3.05) is 18.2 Å². The number of carbonyl (C=O) groups excluding carboxylic acids is 1. The molecular formula is C20H21N3O3S2. The van der Waals surface area contributed by atoms with Gasteiger partial charge in [-0.2, -0.15) is 0 Å². The van der Waals surface area contributed by atoms with Crippen molar-refractivity contribution in [1.29, 1.82) is 0 Å². The highest BCUT2D eigenvalue weighted by Gasteiger charge is 2.23. The van der Waals surface area contributed by atoms with Gasteiger partial charge >= 0.3 is 0 Å². The van der Waals surface area contributed by atoms with Crippen LogP contribution < -0.4 is 15.6 Å². The number of aromatic nitrogens is 2. The van der Waals surface area contributed by atoms with Gasteiger partial charge in [0.1, 0.15) is 10.6 Å². The second kappa shape index (κ2) is 7.97. The van der Waals surface area contributed by atoms with Gasteiger partial charge in [0.2, 0.25) is 5.91 Å². The summed E-state index contributed by atoms with van der Waals surface area (Å²) >= 11 is 2.92. The molecule has 3 aromatic rings. The van der Waals surface area contributed by atoms with Crippen molar-refractivity contribution in [2.24, 2.45) is 0 Å². The molecule has 0 unspecified atom stereocenters. The molecule has 2 aromatic heterocycles. The summed E-state index contributed by atoms with van der Waals surface area (Å²) < 4.78 is 6.80. The Morgan fingerprint density at radius 1 is 1.32 bits per heavy atom. The fraction of sp³-hybridized carbons (Fsp3) is 0.350. The fourth-order valence-corrected chi connectivity index (χ4v) is 5.61. The number of hydrogen-bond donors (Lipinski definition) is 1. The summed E-state index contributed by atoms with van der Waals surface area (Å²) in [6, 6.07) is 7.17. The molecule has 0 spiro atoms. The molecular weight excluding hydrogens is 394 g/mol. The summed E-state index contributed by atoms with van der Waals surface area (Å²) in [5, 5.41) is 4.24. The van der Waals surface area contributed by atoms with Crippen LogP contribution in [0.5, 0.6) is 5.75 Å². The maximum Gasteiger partial charge on any atom is 0.263 e. The zero-order chi connectivity index (χ0) is 19.7. The standard InChI is InChI=1S/C20H21N3O3S2/c1-3-23-19(25)17-14-5-4-6-15(14)28-18(17)22-20(23)27-11-16(24)21-12-7-9-13(26-2)10-8-12/h7-10H,3-6,11H2,1-2H3,(H,21,24). The van der Waals surface area contributed by atoms with E-state index in [0.29, 0.717) is 17.4 Å². The van der Waals surface area contributed by atoms with E-state index in [1.165, 1.54) is 22.2 Å². The molecule has 0 saturated heterocycles. The van der Waals surface area contributed by atoms with Crippen molar-refractivity contribution in [1.82, 2.24) is 9.55 Å². The van der Waals surface area contributed by atoms with Gasteiger partial charge in [0.05, 0.1) is 18.2 Å². The van der Waals surface area contributed by atoms with Crippen LogP contribution in [0.25, 0.3) is 10.2 Å². The summed E-state index contributed by atoms with van der Waals surface area (Å²) in [6.45, 7) is 2.47. The van der Waals surface area contributed by atoms with E-state index in [-0.39, 0.29) is 17.2 Å². The molecule has 28 heavy (non-hydrogen) atoms. The van der Waals surface area contributed by atoms with Gasteiger partial charge in [-0.25, -0.2) is 4.98 Å². The average Bonchev–Trinajstić information content (AvgIpc) is 3.28. The lowest BCUT2D eigenvalue weighted by Crippen LogP contribution is -2.23. The van der Waals surface area contributed by atoms with Crippen molar-refractivity contribution >= 4 is 44.9 Å². The highest BCUT2D eigenvalue weighted by molar-refractivity contribution is 7.99. The molecule has 8 heteroatoms. The molecule has 1 amide bonds. The van der Waals surface area contributed by atoms with Gasteiger partial charge in [-0.1, -0.05) is 11.8 Å². The number of rotatable bonds is 6. The molecule has 6 nitrogen and oxygen atoms in total. The maximum atomic E-state index is 13.0. The Kier molecular flexibility index (Phi) is 5.41. The molecule has 146 valence electrons. The number of thiophene rings is 1. The zero-order valence-electron chi connectivity index (χ0n) is 15.8. The molecule has 0 saturated carbocycles. The maximum absolute atomic E-state index is 13.0. The first kappa shape index (κ1) is 19.0. The minimum absolute atomic E-state index is 0.0185. The van der Waals surface area contributed by atoms with Gasteiger partial charge in [0, 0.05) is 17.1 Å². The summed E-state index contributed by atoms with van der Waals surface area (Å²) in [6.07, 6.45) is 3.12. The van der Waals surface area contributed by atoms with Crippen molar-refractivity contribution in [3.63, 3.8) is 0 Å². The van der Waals surface area contributed by atoms with Gasteiger partial charge in [-0.15, -0.1) is 11.3 Å². The van der Waals surface area contributed by atoms with E-state index in [1.807, 2.05) is 6.92 Å². The number of benzene rings is 1. The van der Waals surface area contributed by atoms with Gasteiger partial charge in [-0.3, -0.25) is 14.2 Å². The number of ether oxygens (including phenoxy) is 1. The van der Waals surface area contributed by atoms with Crippen molar-refractivity contribution in [3.05, 3.63) is 45.1 Å². The van der Waals surface area contributed by atoms with Crippen LogP contribution in [0.4, 0.5) is 5.69 Å². The van der Waals surface area contributed by atoms with Crippen LogP contribution in [0.3, 0.4) is 0 Å². The molecule has 0 fully saturated rings. The van der Waals surface area contributed by atoms with E-state index in [4.69, 9.17) is 9.72 Å². The lowest BCUT2D eigenvalue weighted by Gasteiger charge is -2.10. The highest BCUT2D eigenvalue weighted by Crippen LogP contribution is 2.35. The van der Waals surface area contributed by atoms with E-state index >= 15 is 0 Å². The number of anilines is 1. The zero-order valence-corrected chi connectivity index (χ0v) is 17.4. The number of nitrogens with zero attached hydrogens (tertiary/aromatic N) is 2. The quantitative estimate of drug-likeness (QED) is 0.491. The second-order valence-electron chi connectivity index (χ2n) is 6.55. The van der Waals surface area contributed by atoms with E-state index in [0.717, 1.165) is 35.2 Å². The predicted octanol–water partition coefficient (Wildman–Crippen LogP) is 3.71. The third-order valence-corrected chi connectivity index (χ3v) is 6.97. The lowest BCUT2D eigenvalue weighted by molar-refractivity contribution is -0.113. The van der Waals surface area contributed by atoms with E-state index in [9.17, 15) is 9.59 Å². The Hall–Kier alpha value is -2.32. The average molecular weight is 416 g/mol. The fourth-order valence-electron chi connectivity index (χ4n) is 3.45. The van der Waals surface area contributed by atoms with Crippen LogP contribution >= 0.6 is 23.1 Å². The highest BCUT2D eigenvalue weighted by atomic mass is 32.2. The largest absolute Gasteiger partial charge is 0.497 e. The first-order valence-electron chi connectivity index (χ1n) is 9.22. The van der Waals surface area contributed by atoms with Crippen LogP contribution in [-0.2, 0) is 24.2 Å². The number of nitrogens with one attached hydrogen (secondary N) is 1. The van der Waals surface area contributed by atoms with Crippen molar-refractivity contribution in [2.45, 2.75) is 37.9 Å². The number of aryl methyl sites for hydroxylation is 2. The first-order chi connectivity index (χ1) is 13.6. The molecule has 1 N–H and O–H groups in total. The molecule has 1 aromatic carbocycles. The summed E-state index contributed by atoms with van der Waals surface area (Å²) in [5.41, 5.74) is 1.91. The smallest absolute Gasteiger partial charge is 0.263 e. The van der Waals surface area contributed by atoms with Crippen molar-refractivity contribution in [3.8, 4) is 5.75 Å². The van der Waals surface area contributed by atoms with Gasteiger partial charge in [-0.05, 0) is 56.0 Å². The minimum Gasteiger partial charge on any atom is -0.497 e. The number of methoxy groups -OCH3 is 1. The van der Waals surface area contributed by atoms with E-state index < -0.39 is 0 Å². The van der Waals surface area contributed by atoms with Gasteiger partial charge in [0.15, 0.2) is 5.16 Å². The predicted molar refractivity (Wildman–Crippen MR) is 114 cm³/mol. The molecule has 1 aliphatic rings. The summed E-state index contributed by atoms with van der Waals surface area (Å²) in [4.78, 5) is 32.1. The van der Waals surface area contributed by atoms with Crippen LogP contribution in [0.15, 0.2) is 34.2 Å². The Bertz CT molecular complexity index is 1090. The molecule has 0 aliphatic heterocycles. The van der Waals surface area contributed by atoms with Crippen molar-refractivity contribution < 1.29 is 9.53 Å². The lowest BCUT2D eigenvalue weighted by atomic mass is 10.2. The monoisotopic (exact) mass is 415 g/mol. The molecule has 0 bridgehead atoms. The number of carbonyl (C=O) groups is 1. The Morgan fingerprint density at radius 2 is 2.11 bits per heavy atom. The SMILES string of the molecule is CCn1c(SCC(=O)Nc2ccc(OC)cc2)nc2sc3c(c2c1=O)CCC3. The number of amides is 1. The number of hydrogen-bond acceptors (Lipinski definition) is 6. The van der Waals surface area contributed by atoms with Crippen LogP contribution in [0.2, 0.25) is 0 Å². The van der Waals surface area contributed by atoms with Crippen LogP contribution in [0.1, 0.15) is 23.8 Å². The third-order valence-electron chi connectivity index (χ3n) is 4.81. The molecule has 0 radical (unpaired) electrons. The van der Waals surface area contributed by atoms with E-state index in [1.54, 1.807) is 47.3 Å². The number of fused-ring (bicyclic) bond motifs is 3. The normalized spacial score (nSPS) is 12.9. The topological polar surface area (TPSA) is 73.2 Å². The third kappa shape index (κ3) is 3.54.